The van der Waals surface area contributed by atoms with E-state index in [-0.39, 0.29) is 18.2 Å². The van der Waals surface area contributed by atoms with Crippen molar-refractivity contribution in [2.24, 2.45) is 5.73 Å². The second-order valence-electron chi connectivity index (χ2n) is 5.35. The summed E-state index contributed by atoms with van der Waals surface area (Å²) in [7, 11) is 1.79. The summed E-state index contributed by atoms with van der Waals surface area (Å²) in [5.41, 5.74) is 5.79. The van der Waals surface area contributed by atoms with Gasteiger partial charge < -0.3 is 15.4 Å². The van der Waals surface area contributed by atoms with Crippen molar-refractivity contribution in [3.63, 3.8) is 0 Å². The van der Waals surface area contributed by atoms with Crippen LogP contribution in [-0.4, -0.2) is 56.7 Å². The Bertz CT molecular complexity index is 587. The maximum atomic E-state index is 13.7. The van der Waals surface area contributed by atoms with Gasteiger partial charge in [0.15, 0.2) is 0 Å². The van der Waals surface area contributed by atoms with E-state index in [0.29, 0.717) is 31.9 Å². The summed E-state index contributed by atoms with van der Waals surface area (Å²) in [5.74, 6) is -0.916. The monoisotopic (exact) mass is 306 g/mol. The van der Waals surface area contributed by atoms with E-state index in [9.17, 15) is 9.18 Å². The van der Waals surface area contributed by atoms with E-state index >= 15 is 0 Å². The van der Waals surface area contributed by atoms with E-state index in [2.05, 4.69) is 0 Å². The van der Waals surface area contributed by atoms with Crippen molar-refractivity contribution < 1.29 is 13.9 Å². The molecule has 1 aliphatic heterocycles. The Labute approximate surface area is 128 Å². The number of rotatable bonds is 5. The van der Waals surface area contributed by atoms with Gasteiger partial charge >= 0.3 is 0 Å². The Kier molecular flexibility index (Phi) is 5.31. The SMILES string of the molecule is CN(CC(N)=O)CC1CN(c2cccc(F)c2C#N)CCO1. The van der Waals surface area contributed by atoms with Crippen LogP contribution in [0.3, 0.4) is 0 Å². The lowest BCUT2D eigenvalue weighted by atomic mass is 10.1. The van der Waals surface area contributed by atoms with Crippen LogP contribution in [0.25, 0.3) is 0 Å². The molecule has 0 aromatic heterocycles. The van der Waals surface area contributed by atoms with Gasteiger partial charge in [-0.3, -0.25) is 9.69 Å². The van der Waals surface area contributed by atoms with Gasteiger partial charge in [-0.2, -0.15) is 5.26 Å². The number of primary amides is 1. The zero-order valence-corrected chi connectivity index (χ0v) is 12.5. The van der Waals surface area contributed by atoms with E-state index in [0.717, 1.165) is 0 Å². The molecular formula is C15H19FN4O2. The minimum absolute atomic E-state index is 0.0497. The van der Waals surface area contributed by atoms with Crippen molar-refractivity contribution in [3.05, 3.63) is 29.6 Å². The number of anilines is 1. The predicted molar refractivity (Wildman–Crippen MR) is 79.8 cm³/mol. The number of nitrogens with zero attached hydrogens (tertiary/aromatic N) is 3. The number of carbonyl (C=O) groups excluding carboxylic acids is 1. The summed E-state index contributed by atoms with van der Waals surface area (Å²) < 4.78 is 19.4. The van der Waals surface area contributed by atoms with Crippen molar-refractivity contribution in [1.29, 1.82) is 5.26 Å². The minimum Gasteiger partial charge on any atom is -0.373 e. The highest BCUT2D eigenvalue weighted by Gasteiger charge is 2.24. The fourth-order valence-corrected chi connectivity index (χ4v) is 2.61. The largest absolute Gasteiger partial charge is 0.373 e. The Balaban J connectivity index is 2.07. The molecule has 1 aliphatic rings. The Morgan fingerprint density at radius 2 is 2.41 bits per heavy atom. The molecule has 0 bridgehead atoms. The third-order valence-corrected chi connectivity index (χ3v) is 3.52. The molecule has 1 atom stereocenters. The van der Waals surface area contributed by atoms with Gasteiger partial charge in [-0.05, 0) is 19.2 Å². The molecule has 2 rings (SSSR count). The molecule has 1 amide bonds. The van der Waals surface area contributed by atoms with Crippen LogP contribution < -0.4 is 10.6 Å². The highest BCUT2D eigenvalue weighted by atomic mass is 19.1. The summed E-state index contributed by atoms with van der Waals surface area (Å²) in [6, 6.07) is 6.52. The van der Waals surface area contributed by atoms with Gasteiger partial charge in [0.05, 0.1) is 24.9 Å². The van der Waals surface area contributed by atoms with Crippen molar-refractivity contribution >= 4 is 11.6 Å². The van der Waals surface area contributed by atoms with Gasteiger partial charge in [-0.25, -0.2) is 4.39 Å². The van der Waals surface area contributed by atoms with Crippen LogP contribution in [0, 0.1) is 17.1 Å². The van der Waals surface area contributed by atoms with E-state index in [1.807, 2.05) is 11.0 Å². The quantitative estimate of drug-likeness (QED) is 0.847. The van der Waals surface area contributed by atoms with Crippen LogP contribution in [-0.2, 0) is 9.53 Å². The van der Waals surface area contributed by atoms with Crippen LogP contribution in [0.1, 0.15) is 5.56 Å². The number of morpholine rings is 1. The third kappa shape index (κ3) is 3.93. The number of nitrogens with two attached hydrogens (primary N) is 1. The number of hydrogen-bond donors (Lipinski definition) is 1. The van der Waals surface area contributed by atoms with Crippen molar-refractivity contribution in [2.45, 2.75) is 6.10 Å². The van der Waals surface area contributed by atoms with Crippen molar-refractivity contribution in [1.82, 2.24) is 4.90 Å². The molecule has 118 valence electrons. The molecule has 0 spiro atoms. The molecule has 2 N–H and O–H groups in total. The zero-order valence-electron chi connectivity index (χ0n) is 12.5. The fraction of sp³-hybridized carbons (Fsp3) is 0.467. The van der Waals surface area contributed by atoms with E-state index in [1.165, 1.54) is 6.07 Å². The maximum Gasteiger partial charge on any atom is 0.231 e. The van der Waals surface area contributed by atoms with Gasteiger partial charge in [0, 0.05) is 19.6 Å². The first-order valence-electron chi connectivity index (χ1n) is 7.03. The molecule has 1 heterocycles. The first-order valence-corrected chi connectivity index (χ1v) is 7.03. The number of carbonyl (C=O) groups is 1. The molecule has 7 heteroatoms. The summed E-state index contributed by atoms with van der Waals surface area (Å²) in [4.78, 5) is 14.6. The molecular weight excluding hydrogens is 287 g/mol. The zero-order chi connectivity index (χ0) is 16.1. The Morgan fingerprint density at radius 3 is 3.09 bits per heavy atom. The predicted octanol–water partition coefficient (Wildman–Crippen LogP) is 0.320. The van der Waals surface area contributed by atoms with Crippen molar-refractivity contribution in [2.75, 3.05) is 44.7 Å². The number of amides is 1. The summed E-state index contributed by atoms with van der Waals surface area (Å²) >= 11 is 0. The minimum atomic E-state index is -0.520. The van der Waals surface area contributed by atoms with Crippen LogP contribution >= 0.6 is 0 Å². The number of nitriles is 1. The van der Waals surface area contributed by atoms with Crippen LogP contribution in [0.15, 0.2) is 18.2 Å². The molecule has 1 aromatic carbocycles. The molecule has 1 unspecified atom stereocenters. The average Bonchev–Trinajstić information content (AvgIpc) is 2.46. The number of ether oxygens (including phenoxy) is 1. The molecule has 1 saturated heterocycles. The van der Waals surface area contributed by atoms with Crippen molar-refractivity contribution in [3.8, 4) is 6.07 Å². The highest BCUT2D eigenvalue weighted by molar-refractivity contribution is 5.75. The Morgan fingerprint density at radius 1 is 1.64 bits per heavy atom. The molecule has 1 aromatic rings. The van der Waals surface area contributed by atoms with Crippen LogP contribution in [0.5, 0.6) is 0 Å². The van der Waals surface area contributed by atoms with Crippen LogP contribution in [0.2, 0.25) is 0 Å². The first-order chi connectivity index (χ1) is 10.5. The summed E-state index contributed by atoms with van der Waals surface area (Å²) in [6.07, 6.45) is -0.132. The molecule has 0 radical (unpaired) electrons. The number of benzene rings is 1. The molecule has 1 fully saturated rings. The normalized spacial score (nSPS) is 18.3. The summed E-state index contributed by atoms with van der Waals surface area (Å²) in [5, 5.41) is 9.13. The molecule has 22 heavy (non-hydrogen) atoms. The standard InChI is InChI=1S/C15H19FN4O2/c1-19(10-15(18)21)8-11-9-20(5-6-22-11)14-4-2-3-13(16)12(14)7-17/h2-4,11H,5-6,8-10H2,1H3,(H2,18,21). The first kappa shape index (κ1) is 16.2. The smallest absolute Gasteiger partial charge is 0.231 e. The van der Waals surface area contributed by atoms with Crippen LogP contribution in [0.4, 0.5) is 10.1 Å². The second kappa shape index (κ2) is 7.20. The molecule has 6 nitrogen and oxygen atoms in total. The fourth-order valence-electron chi connectivity index (χ4n) is 2.61. The molecule has 0 aliphatic carbocycles. The van der Waals surface area contributed by atoms with E-state index in [4.69, 9.17) is 15.7 Å². The third-order valence-electron chi connectivity index (χ3n) is 3.52. The molecule has 0 saturated carbocycles. The lowest BCUT2D eigenvalue weighted by Gasteiger charge is -2.36. The van der Waals surface area contributed by atoms with Gasteiger partial charge in [-0.1, -0.05) is 6.07 Å². The topological polar surface area (TPSA) is 82.6 Å². The van der Waals surface area contributed by atoms with E-state index in [1.54, 1.807) is 24.1 Å². The number of halogens is 1. The van der Waals surface area contributed by atoms with Gasteiger partial charge in [-0.15, -0.1) is 0 Å². The number of hydrogen-bond acceptors (Lipinski definition) is 5. The lowest BCUT2D eigenvalue weighted by molar-refractivity contribution is -0.119. The van der Waals surface area contributed by atoms with E-state index < -0.39 is 11.7 Å². The van der Waals surface area contributed by atoms with Gasteiger partial charge in [0.2, 0.25) is 5.91 Å². The second-order valence-corrected chi connectivity index (χ2v) is 5.35. The lowest BCUT2D eigenvalue weighted by Crippen LogP contribution is -2.48. The van der Waals surface area contributed by atoms with Gasteiger partial charge in [0.1, 0.15) is 17.4 Å². The van der Waals surface area contributed by atoms with Gasteiger partial charge in [0.25, 0.3) is 0 Å². The Hall–Kier alpha value is -2.17. The highest BCUT2D eigenvalue weighted by Crippen LogP contribution is 2.24. The maximum absolute atomic E-state index is 13.7. The summed E-state index contributed by atoms with van der Waals surface area (Å²) in [6.45, 7) is 2.30. The average molecular weight is 306 g/mol. The number of likely N-dealkylation sites (N-methyl/N-ethyl adjacent to an activating group) is 1.